The molecule has 28 heavy (non-hydrogen) atoms. The van der Waals surface area contributed by atoms with Crippen molar-refractivity contribution in [3.8, 4) is 28.5 Å². The molecule has 0 unspecified atom stereocenters. The van der Waals surface area contributed by atoms with E-state index in [0.29, 0.717) is 49.0 Å². The largest absolute Gasteiger partial charge is 0.507 e. The van der Waals surface area contributed by atoms with E-state index in [1.807, 2.05) is 19.1 Å². The molecule has 3 aliphatic rings. The summed E-state index contributed by atoms with van der Waals surface area (Å²) >= 11 is 0. The Morgan fingerprint density at radius 3 is 2.75 bits per heavy atom. The van der Waals surface area contributed by atoms with Gasteiger partial charge in [0, 0.05) is 23.6 Å². The molecule has 2 atom stereocenters. The maximum absolute atomic E-state index is 10.8. The van der Waals surface area contributed by atoms with Crippen molar-refractivity contribution in [3.05, 3.63) is 23.3 Å². The summed E-state index contributed by atoms with van der Waals surface area (Å²) in [6.07, 6.45) is 4.31. The van der Waals surface area contributed by atoms with Gasteiger partial charge in [-0.25, -0.2) is 0 Å². The van der Waals surface area contributed by atoms with Crippen molar-refractivity contribution >= 4 is 5.82 Å². The molecular weight excluding hydrogens is 358 g/mol. The van der Waals surface area contributed by atoms with Gasteiger partial charge in [0.15, 0.2) is 11.6 Å². The lowest BCUT2D eigenvalue weighted by Crippen LogP contribution is -2.49. The van der Waals surface area contributed by atoms with Gasteiger partial charge in [-0.1, -0.05) is 12.8 Å². The molecule has 2 N–H and O–H groups in total. The van der Waals surface area contributed by atoms with E-state index in [1.165, 1.54) is 0 Å². The predicted octanol–water partition coefficient (Wildman–Crippen LogP) is 2.59. The van der Waals surface area contributed by atoms with Crippen LogP contribution in [0.5, 0.6) is 17.2 Å². The van der Waals surface area contributed by atoms with Crippen LogP contribution >= 0.6 is 0 Å². The van der Waals surface area contributed by atoms with Crippen LogP contribution in [-0.2, 0) is 6.42 Å². The van der Waals surface area contributed by atoms with E-state index in [9.17, 15) is 10.2 Å². The maximum atomic E-state index is 10.8. The van der Waals surface area contributed by atoms with E-state index < -0.39 is 0 Å². The second-order valence-corrected chi connectivity index (χ2v) is 7.87. The zero-order chi connectivity index (χ0) is 19.3. The first-order chi connectivity index (χ1) is 13.6. The summed E-state index contributed by atoms with van der Waals surface area (Å²) in [5.41, 5.74) is 2.99. The lowest BCUT2D eigenvalue weighted by molar-refractivity contribution is 0.0995. The number of phenolic OH excluding ortho intramolecular Hbond substituents is 1. The first-order valence-corrected chi connectivity index (χ1v) is 10.1. The SMILES string of the molecule is Cc1cc2c(c(O)c1-c1cc3c(nn1)N([C@@H]1CCCC[C@H]1O)CCO3)CCO2. The number of hydrogen-bond donors (Lipinski definition) is 2. The number of ether oxygens (including phenoxy) is 2. The molecule has 1 fully saturated rings. The van der Waals surface area contributed by atoms with E-state index in [2.05, 4.69) is 15.1 Å². The zero-order valence-electron chi connectivity index (χ0n) is 16.0. The lowest BCUT2D eigenvalue weighted by atomic mass is 9.91. The van der Waals surface area contributed by atoms with Crippen molar-refractivity contribution in [2.75, 3.05) is 24.7 Å². The number of fused-ring (bicyclic) bond motifs is 2. The first kappa shape index (κ1) is 17.6. The van der Waals surface area contributed by atoms with Gasteiger partial charge < -0.3 is 24.6 Å². The molecule has 0 spiro atoms. The van der Waals surface area contributed by atoms with Crippen LogP contribution in [0.2, 0.25) is 0 Å². The molecule has 0 saturated heterocycles. The minimum absolute atomic E-state index is 0.0591. The number of benzene rings is 1. The average molecular weight is 383 g/mol. The molecule has 1 aliphatic carbocycles. The van der Waals surface area contributed by atoms with E-state index >= 15 is 0 Å². The molecular formula is C21H25N3O4. The van der Waals surface area contributed by atoms with Crippen LogP contribution in [0, 0.1) is 6.92 Å². The molecule has 7 heteroatoms. The van der Waals surface area contributed by atoms with Gasteiger partial charge in [-0.05, 0) is 31.4 Å². The summed E-state index contributed by atoms with van der Waals surface area (Å²) < 4.78 is 11.5. The number of aryl methyl sites for hydroxylation is 1. The highest BCUT2D eigenvalue weighted by Gasteiger charge is 2.34. The zero-order valence-corrected chi connectivity index (χ0v) is 16.0. The van der Waals surface area contributed by atoms with Crippen molar-refractivity contribution < 1.29 is 19.7 Å². The Bertz CT molecular complexity index is 917. The Labute approximate surface area is 163 Å². The maximum Gasteiger partial charge on any atom is 0.194 e. The van der Waals surface area contributed by atoms with Crippen molar-refractivity contribution in [3.63, 3.8) is 0 Å². The molecule has 1 aromatic heterocycles. The van der Waals surface area contributed by atoms with E-state index in [1.54, 1.807) is 0 Å². The summed E-state index contributed by atoms with van der Waals surface area (Å²) in [7, 11) is 0. The predicted molar refractivity (Wildman–Crippen MR) is 104 cm³/mol. The van der Waals surface area contributed by atoms with Gasteiger partial charge in [0.05, 0.1) is 25.3 Å². The highest BCUT2D eigenvalue weighted by Crippen LogP contribution is 2.44. The quantitative estimate of drug-likeness (QED) is 0.824. The van der Waals surface area contributed by atoms with Gasteiger partial charge in [-0.2, -0.15) is 0 Å². The summed E-state index contributed by atoms with van der Waals surface area (Å²) in [6.45, 7) is 3.76. The fraction of sp³-hybridized carbons (Fsp3) is 0.524. The summed E-state index contributed by atoms with van der Waals surface area (Å²) in [6, 6.07) is 3.86. The summed E-state index contributed by atoms with van der Waals surface area (Å²) in [5, 5.41) is 30.2. The molecule has 2 aromatic rings. The Kier molecular flexibility index (Phi) is 4.27. The number of hydrogen-bond acceptors (Lipinski definition) is 7. The van der Waals surface area contributed by atoms with E-state index in [4.69, 9.17) is 9.47 Å². The molecule has 0 bridgehead atoms. The van der Waals surface area contributed by atoms with Crippen LogP contribution in [0.25, 0.3) is 11.3 Å². The number of anilines is 1. The number of phenols is 1. The molecule has 0 amide bonds. The number of aromatic hydroxyl groups is 1. The molecule has 5 rings (SSSR count). The fourth-order valence-corrected chi connectivity index (χ4v) is 4.70. The minimum Gasteiger partial charge on any atom is -0.507 e. The lowest BCUT2D eigenvalue weighted by Gasteiger charge is -2.40. The molecule has 1 saturated carbocycles. The van der Waals surface area contributed by atoms with Gasteiger partial charge in [0.25, 0.3) is 0 Å². The number of rotatable bonds is 2. The fourth-order valence-electron chi connectivity index (χ4n) is 4.70. The van der Waals surface area contributed by atoms with Crippen LogP contribution in [0.1, 0.15) is 36.8 Å². The number of nitrogens with zero attached hydrogens (tertiary/aromatic N) is 3. The Morgan fingerprint density at radius 2 is 1.89 bits per heavy atom. The highest BCUT2D eigenvalue weighted by molar-refractivity contribution is 5.77. The van der Waals surface area contributed by atoms with Gasteiger partial charge in [-0.3, -0.25) is 0 Å². The van der Waals surface area contributed by atoms with Gasteiger partial charge >= 0.3 is 0 Å². The second-order valence-electron chi connectivity index (χ2n) is 7.87. The van der Waals surface area contributed by atoms with Crippen molar-refractivity contribution in [2.45, 2.75) is 51.2 Å². The first-order valence-electron chi connectivity index (χ1n) is 10.1. The Hall–Kier alpha value is -2.54. The Balaban J connectivity index is 1.53. The van der Waals surface area contributed by atoms with Crippen LogP contribution in [0.3, 0.4) is 0 Å². The van der Waals surface area contributed by atoms with Crippen LogP contribution < -0.4 is 14.4 Å². The van der Waals surface area contributed by atoms with E-state index in [-0.39, 0.29) is 17.9 Å². The summed E-state index contributed by atoms with van der Waals surface area (Å²) in [4.78, 5) is 2.14. The number of aliphatic hydroxyl groups is 1. The molecule has 3 heterocycles. The third-order valence-electron chi connectivity index (χ3n) is 6.12. The van der Waals surface area contributed by atoms with Crippen LogP contribution in [0.15, 0.2) is 12.1 Å². The van der Waals surface area contributed by atoms with Gasteiger partial charge in [-0.15, -0.1) is 10.2 Å². The minimum atomic E-state index is -0.343. The monoisotopic (exact) mass is 383 g/mol. The normalized spacial score (nSPS) is 23.6. The molecule has 148 valence electrons. The molecule has 0 radical (unpaired) electrons. The van der Waals surface area contributed by atoms with E-state index in [0.717, 1.165) is 42.6 Å². The van der Waals surface area contributed by atoms with Crippen molar-refractivity contribution in [1.82, 2.24) is 10.2 Å². The number of aliphatic hydroxyl groups excluding tert-OH is 1. The second kappa shape index (κ2) is 6.81. The molecule has 2 aliphatic heterocycles. The van der Waals surface area contributed by atoms with Crippen LogP contribution in [0.4, 0.5) is 5.82 Å². The molecule has 7 nitrogen and oxygen atoms in total. The van der Waals surface area contributed by atoms with Gasteiger partial charge in [0.2, 0.25) is 0 Å². The third kappa shape index (κ3) is 2.76. The molecule has 1 aromatic carbocycles. The van der Waals surface area contributed by atoms with Crippen molar-refractivity contribution in [2.24, 2.45) is 0 Å². The average Bonchev–Trinajstić information content (AvgIpc) is 3.16. The Morgan fingerprint density at radius 1 is 1.07 bits per heavy atom. The standard InChI is InChI=1S/C21H25N3O4/c1-12-10-17-13(6-8-27-17)20(26)19(12)14-11-18-21(23-22-14)24(7-9-28-18)15-4-2-3-5-16(15)25/h10-11,15-16,25-26H,2-9H2,1H3/t15-,16-/m1/s1. The van der Waals surface area contributed by atoms with Gasteiger partial charge in [0.1, 0.15) is 23.8 Å². The number of aromatic nitrogens is 2. The van der Waals surface area contributed by atoms with Crippen molar-refractivity contribution in [1.29, 1.82) is 0 Å². The van der Waals surface area contributed by atoms with Crippen LogP contribution in [-0.4, -0.2) is 52.3 Å². The third-order valence-corrected chi connectivity index (χ3v) is 6.12. The highest BCUT2D eigenvalue weighted by atomic mass is 16.5. The topological polar surface area (TPSA) is 87.9 Å². The summed E-state index contributed by atoms with van der Waals surface area (Å²) in [5.74, 6) is 2.31. The smallest absolute Gasteiger partial charge is 0.194 e.